The lowest BCUT2D eigenvalue weighted by Gasteiger charge is -2.43. The number of nitrogens with zero attached hydrogens (tertiary/aromatic N) is 3. The number of aromatic nitrogens is 1. The van der Waals surface area contributed by atoms with Gasteiger partial charge >= 0.3 is 0 Å². The van der Waals surface area contributed by atoms with Crippen LogP contribution in [-0.4, -0.2) is 60.1 Å². The number of amides is 2. The number of anilines is 1. The van der Waals surface area contributed by atoms with Gasteiger partial charge < -0.3 is 20.4 Å². The zero-order valence-electron chi connectivity index (χ0n) is 16.1. The van der Waals surface area contributed by atoms with E-state index in [-0.39, 0.29) is 11.6 Å². The molecule has 152 valence electrons. The van der Waals surface area contributed by atoms with Crippen molar-refractivity contribution in [1.29, 1.82) is 0 Å². The van der Waals surface area contributed by atoms with Crippen LogP contribution < -0.4 is 15.5 Å². The number of para-hydroxylation sites is 1. The van der Waals surface area contributed by atoms with Gasteiger partial charge in [-0.25, -0.2) is 9.37 Å². The van der Waals surface area contributed by atoms with Gasteiger partial charge in [0.2, 0.25) is 5.91 Å². The van der Waals surface area contributed by atoms with Crippen LogP contribution in [0.15, 0.2) is 48.7 Å². The van der Waals surface area contributed by atoms with Crippen molar-refractivity contribution in [3.8, 4) is 0 Å². The second kappa shape index (κ2) is 8.16. The largest absolute Gasteiger partial charge is 0.349 e. The molecule has 3 heterocycles. The Labute approximate surface area is 168 Å². The summed E-state index contributed by atoms with van der Waals surface area (Å²) in [5.74, 6) is -1.06. The van der Waals surface area contributed by atoms with Crippen molar-refractivity contribution in [3.63, 3.8) is 0 Å². The van der Waals surface area contributed by atoms with Crippen molar-refractivity contribution in [3.05, 3.63) is 60.2 Å². The molecule has 2 amide bonds. The van der Waals surface area contributed by atoms with E-state index in [9.17, 15) is 14.0 Å². The first kappa shape index (κ1) is 19.3. The van der Waals surface area contributed by atoms with Gasteiger partial charge in [-0.15, -0.1) is 0 Å². The fourth-order valence-electron chi connectivity index (χ4n) is 4.14. The number of carbonyl (C=O) groups excluding carboxylic acids is 2. The van der Waals surface area contributed by atoms with Crippen molar-refractivity contribution in [2.75, 3.05) is 37.7 Å². The molecule has 0 radical (unpaired) electrons. The molecule has 4 rings (SSSR count). The van der Waals surface area contributed by atoms with Crippen LogP contribution >= 0.6 is 0 Å². The van der Waals surface area contributed by atoms with E-state index < -0.39 is 17.3 Å². The molecule has 0 bridgehead atoms. The van der Waals surface area contributed by atoms with Gasteiger partial charge in [-0.3, -0.25) is 9.59 Å². The lowest BCUT2D eigenvalue weighted by atomic mass is 9.85. The van der Waals surface area contributed by atoms with Gasteiger partial charge in [-0.2, -0.15) is 0 Å². The Morgan fingerprint density at radius 1 is 1.17 bits per heavy atom. The van der Waals surface area contributed by atoms with E-state index in [1.165, 1.54) is 18.3 Å². The lowest BCUT2D eigenvalue weighted by molar-refractivity contribution is -0.125. The molecule has 2 fully saturated rings. The van der Waals surface area contributed by atoms with Crippen LogP contribution in [0.5, 0.6) is 0 Å². The van der Waals surface area contributed by atoms with Gasteiger partial charge in [-0.05, 0) is 37.1 Å². The average Bonchev–Trinajstić information content (AvgIpc) is 3.06. The minimum atomic E-state index is -0.627. The molecule has 29 heavy (non-hydrogen) atoms. The van der Waals surface area contributed by atoms with Crippen LogP contribution in [0.1, 0.15) is 23.3 Å². The van der Waals surface area contributed by atoms with E-state index in [2.05, 4.69) is 25.4 Å². The molecule has 2 aliphatic heterocycles. The third-order valence-electron chi connectivity index (χ3n) is 5.78. The quantitative estimate of drug-likeness (QED) is 0.797. The molecule has 1 aromatic heterocycles. The van der Waals surface area contributed by atoms with Gasteiger partial charge in [0.25, 0.3) is 5.91 Å². The monoisotopic (exact) mass is 397 g/mol. The first-order valence-electron chi connectivity index (χ1n) is 9.82. The molecule has 1 aromatic carbocycles. The van der Waals surface area contributed by atoms with Crippen molar-refractivity contribution >= 4 is 17.5 Å². The van der Waals surface area contributed by atoms with E-state index in [1.807, 2.05) is 30.3 Å². The summed E-state index contributed by atoms with van der Waals surface area (Å²) >= 11 is 0. The molecule has 0 aliphatic carbocycles. The zero-order valence-corrected chi connectivity index (χ0v) is 16.1. The molecule has 8 heteroatoms. The zero-order chi connectivity index (χ0) is 20.3. The molecule has 0 unspecified atom stereocenters. The topological polar surface area (TPSA) is 77.6 Å². The molecule has 2 N–H and O–H groups in total. The van der Waals surface area contributed by atoms with Crippen molar-refractivity contribution in [2.24, 2.45) is 0 Å². The summed E-state index contributed by atoms with van der Waals surface area (Å²) in [5, 5.41) is 5.71. The first-order chi connectivity index (χ1) is 14.1. The molecular formula is C21H24FN5O2. The number of halogens is 1. The van der Waals surface area contributed by atoms with Gasteiger partial charge in [0.1, 0.15) is 5.54 Å². The maximum Gasteiger partial charge on any atom is 0.272 e. The van der Waals surface area contributed by atoms with E-state index in [4.69, 9.17) is 0 Å². The number of piperidine rings is 1. The molecule has 7 nitrogen and oxygen atoms in total. The highest BCUT2D eigenvalue weighted by atomic mass is 19.1. The maximum atomic E-state index is 13.6. The lowest BCUT2D eigenvalue weighted by Crippen LogP contribution is -2.57. The Hall–Kier alpha value is -3.00. The standard InChI is InChI=1S/C21H24FN5O2/c22-17-7-4-10-23-18(17)19(28)24-11-14-26-12-8-21(9-13-26)20(29)25-15-27(21)16-5-2-1-3-6-16/h1-7,10H,8-9,11-15H2,(H,24,28)(H,25,29). The number of pyridine rings is 1. The van der Waals surface area contributed by atoms with E-state index in [0.717, 1.165) is 31.6 Å². The minimum absolute atomic E-state index is 0.0833. The highest BCUT2D eigenvalue weighted by Gasteiger charge is 2.50. The number of rotatable bonds is 5. The highest BCUT2D eigenvalue weighted by Crippen LogP contribution is 2.35. The van der Waals surface area contributed by atoms with Crippen molar-refractivity contribution < 1.29 is 14.0 Å². The molecule has 2 aliphatic rings. The highest BCUT2D eigenvalue weighted by molar-refractivity contribution is 5.93. The van der Waals surface area contributed by atoms with Crippen molar-refractivity contribution in [2.45, 2.75) is 18.4 Å². The number of nitrogens with one attached hydrogen (secondary N) is 2. The third-order valence-corrected chi connectivity index (χ3v) is 5.78. The smallest absolute Gasteiger partial charge is 0.272 e. The molecular weight excluding hydrogens is 373 g/mol. The van der Waals surface area contributed by atoms with Crippen LogP contribution in [-0.2, 0) is 4.79 Å². The van der Waals surface area contributed by atoms with E-state index in [0.29, 0.717) is 19.8 Å². The van der Waals surface area contributed by atoms with Crippen molar-refractivity contribution in [1.82, 2.24) is 20.5 Å². The SMILES string of the molecule is O=C(NCCN1CCC2(CC1)C(=O)NCN2c1ccccc1)c1ncccc1F. The Bertz CT molecular complexity index is 884. The van der Waals surface area contributed by atoms with Crippen LogP contribution in [0, 0.1) is 5.82 Å². The molecule has 0 saturated carbocycles. The van der Waals surface area contributed by atoms with Crippen LogP contribution in [0.4, 0.5) is 10.1 Å². The van der Waals surface area contributed by atoms with Crippen LogP contribution in [0.2, 0.25) is 0 Å². The Morgan fingerprint density at radius 2 is 1.93 bits per heavy atom. The average molecular weight is 397 g/mol. The first-order valence-corrected chi connectivity index (χ1v) is 9.82. The van der Waals surface area contributed by atoms with Crippen LogP contribution in [0.3, 0.4) is 0 Å². The summed E-state index contributed by atoms with van der Waals surface area (Å²) in [5.41, 5.74) is 0.341. The van der Waals surface area contributed by atoms with Crippen LogP contribution in [0.25, 0.3) is 0 Å². The Kier molecular flexibility index (Phi) is 5.44. The fraction of sp³-hybridized carbons (Fsp3) is 0.381. The number of benzene rings is 1. The predicted octanol–water partition coefficient (Wildman–Crippen LogP) is 1.38. The van der Waals surface area contributed by atoms with E-state index >= 15 is 0 Å². The van der Waals surface area contributed by atoms with E-state index in [1.54, 1.807) is 0 Å². The second-order valence-electron chi connectivity index (χ2n) is 7.39. The number of carbonyl (C=O) groups is 2. The Balaban J connectivity index is 1.31. The Morgan fingerprint density at radius 3 is 2.66 bits per heavy atom. The normalized spacial score (nSPS) is 18.7. The van der Waals surface area contributed by atoms with Gasteiger partial charge in [-0.1, -0.05) is 18.2 Å². The summed E-state index contributed by atoms with van der Waals surface area (Å²) in [7, 11) is 0. The number of hydrogen-bond acceptors (Lipinski definition) is 5. The van der Waals surface area contributed by atoms with Gasteiger partial charge in [0.05, 0.1) is 6.67 Å². The summed E-state index contributed by atoms with van der Waals surface area (Å²) < 4.78 is 13.6. The second-order valence-corrected chi connectivity index (χ2v) is 7.39. The summed E-state index contributed by atoms with van der Waals surface area (Å²) in [4.78, 5) is 32.9. The predicted molar refractivity (Wildman–Crippen MR) is 107 cm³/mol. The fourth-order valence-corrected chi connectivity index (χ4v) is 4.14. The molecule has 0 atom stereocenters. The van der Waals surface area contributed by atoms with Gasteiger partial charge in [0.15, 0.2) is 11.5 Å². The summed E-state index contributed by atoms with van der Waals surface area (Å²) in [6.07, 6.45) is 2.83. The number of hydrogen-bond donors (Lipinski definition) is 2. The molecule has 2 saturated heterocycles. The third kappa shape index (κ3) is 3.80. The molecule has 2 aromatic rings. The van der Waals surface area contributed by atoms with Gasteiger partial charge in [0, 0.05) is 38.1 Å². The summed E-state index contributed by atoms with van der Waals surface area (Å²) in [6, 6.07) is 12.7. The molecule has 1 spiro atoms. The number of likely N-dealkylation sites (tertiary alicyclic amines) is 1. The minimum Gasteiger partial charge on any atom is -0.349 e. The summed E-state index contributed by atoms with van der Waals surface area (Å²) in [6.45, 7) is 3.07. The maximum absolute atomic E-state index is 13.6.